The second kappa shape index (κ2) is 3.92. The van der Waals surface area contributed by atoms with E-state index in [0.717, 1.165) is 6.54 Å². The highest BCUT2D eigenvalue weighted by Gasteiger charge is 2.12. The van der Waals surface area contributed by atoms with E-state index in [-0.39, 0.29) is 0 Å². The lowest BCUT2D eigenvalue weighted by molar-refractivity contribution is -0.514. The van der Waals surface area contributed by atoms with Crippen molar-refractivity contribution in [3.63, 3.8) is 0 Å². The lowest BCUT2D eigenvalue weighted by atomic mass is 9.91. The zero-order valence-corrected chi connectivity index (χ0v) is 8.56. The fourth-order valence-electron chi connectivity index (χ4n) is 1.46. The molecule has 0 saturated carbocycles. The molecule has 0 spiro atoms. The predicted molar refractivity (Wildman–Crippen MR) is 52.8 cm³/mol. The van der Waals surface area contributed by atoms with Gasteiger partial charge in [0, 0.05) is 0 Å². The third-order valence-corrected chi connectivity index (χ3v) is 2.19. The third kappa shape index (κ3) is 3.74. The molecule has 0 aromatic heterocycles. The standard InChI is InChI=1S/C10H20N2/c1-10(2,3)5-4-7-12-8-6-11-9-12/h9H,4-8H2,1-3H3/p+1. The van der Waals surface area contributed by atoms with Crippen molar-refractivity contribution < 1.29 is 4.58 Å². The fourth-order valence-corrected chi connectivity index (χ4v) is 1.46. The van der Waals surface area contributed by atoms with Crippen LogP contribution in [0.3, 0.4) is 0 Å². The normalized spacial score (nSPS) is 17.4. The maximum atomic E-state index is 3.22. The molecule has 0 aliphatic carbocycles. The lowest BCUT2D eigenvalue weighted by Crippen LogP contribution is -2.14. The van der Waals surface area contributed by atoms with Crippen molar-refractivity contribution >= 4 is 6.34 Å². The molecule has 0 fully saturated rings. The van der Waals surface area contributed by atoms with Crippen molar-refractivity contribution in [1.82, 2.24) is 5.32 Å². The van der Waals surface area contributed by atoms with E-state index in [1.165, 1.54) is 25.9 Å². The fraction of sp³-hybridized carbons (Fsp3) is 0.900. The van der Waals surface area contributed by atoms with E-state index in [2.05, 4.69) is 37.0 Å². The van der Waals surface area contributed by atoms with Crippen LogP contribution >= 0.6 is 0 Å². The summed E-state index contributed by atoms with van der Waals surface area (Å²) in [5.74, 6) is 0. The SMILES string of the molecule is CC(C)(C)CCC[N+]1=CNCC1. The van der Waals surface area contributed by atoms with Crippen molar-refractivity contribution in [2.24, 2.45) is 5.41 Å². The summed E-state index contributed by atoms with van der Waals surface area (Å²) in [4.78, 5) is 0. The highest BCUT2D eigenvalue weighted by molar-refractivity contribution is 5.49. The van der Waals surface area contributed by atoms with Gasteiger partial charge in [-0.3, -0.25) is 9.89 Å². The van der Waals surface area contributed by atoms with Crippen LogP contribution in [0, 0.1) is 5.41 Å². The van der Waals surface area contributed by atoms with E-state index in [4.69, 9.17) is 0 Å². The third-order valence-electron chi connectivity index (χ3n) is 2.19. The maximum absolute atomic E-state index is 3.22. The second-order valence-electron chi connectivity index (χ2n) is 4.78. The quantitative estimate of drug-likeness (QED) is 0.632. The van der Waals surface area contributed by atoms with Crippen molar-refractivity contribution in [3.05, 3.63) is 0 Å². The minimum absolute atomic E-state index is 0.493. The minimum atomic E-state index is 0.493. The molecule has 0 bridgehead atoms. The van der Waals surface area contributed by atoms with Crippen LogP contribution in [0.5, 0.6) is 0 Å². The molecule has 0 saturated heterocycles. The first-order valence-electron chi connectivity index (χ1n) is 4.89. The van der Waals surface area contributed by atoms with Gasteiger partial charge in [0.25, 0.3) is 0 Å². The van der Waals surface area contributed by atoms with Gasteiger partial charge in [0.1, 0.15) is 13.1 Å². The number of hydrogen-bond acceptors (Lipinski definition) is 1. The van der Waals surface area contributed by atoms with Crippen molar-refractivity contribution in [2.75, 3.05) is 19.6 Å². The highest BCUT2D eigenvalue weighted by Crippen LogP contribution is 2.20. The first kappa shape index (κ1) is 9.56. The Kier molecular flexibility index (Phi) is 3.12. The Morgan fingerprint density at radius 3 is 2.67 bits per heavy atom. The molecular weight excluding hydrogens is 148 g/mol. The largest absolute Gasteiger partial charge is 0.277 e. The molecule has 70 valence electrons. The van der Waals surface area contributed by atoms with Crippen LogP contribution in [0.2, 0.25) is 0 Å². The van der Waals surface area contributed by atoms with Gasteiger partial charge in [0.05, 0.1) is 6.54 Å². The number of nitrogens with one attached hydrogen (secondary N) is 1. The van der Waals surface area contributed by atoms with Gasteiger partial charge in [-0.15, -0.1) is 0 Å². The van der Waals surface area contributed by atoms with Gasteiger partial charge in [0.15, 0.2) is 0 Å². The predicted octanol–water partition coefficient (Wildman–Crippen LogP) is 1.46. The molecule has 1 aliphatic rings. The van der Waals surface area contributed by atoms with E-state index in [9.17, 15) is 0 Å². The van der Waals surface area contributed by atoms with Crippen LogP contribution in [-0.4, -0.2) is 30.5 Å². The van der Waals surface area contributed by atoms with Gasteiger partial charge in [-0.05, 0) is 18.3 Å². The molecule has 0 aromatic carbocycles. The molecule has 0 aromatic rings. The van der Waals surface area contributed by atoms with Gasteiger partial charge in [-0.1, -0.05) is 20.8 Å². The molecule has 0 radical (unpaired) electrons. The summed E-state index contributed by atoms with van der Waals surface area (Å²) in [5.41, 5.74) is 0.493. The Balaban J connectivity index is 2.10. The van der Waals surface area contributed by atoms with Gasteiger partial charge < -0.3 is 0 Å². The molecule has 0 amide bonds. The van der Waals surface area contributed by atoms with Crippen molar-refractivity contribution in [3.8, 4) is 0 Å². The summed E-state index contributed by atoms with van der Waals surface area (Å²) >= 11 is 0. The molecule has 1 heterocycles. The van der Waals surface area contributed by atoms with E-state index in [1.807, 2.05) is 0 Å². The summed E-state index contributed by atoms with van der Waals surface area (Å²) in [5, 5.41) is 3.22. The zero-order chi connectivity index (χ0) is 9.03. The number of hydrogen-bond donors (Lipinski definition) is 1. The summed E-state index contributed by atoms with van der Waals surface area (Å²) < 4.78 is 2.37. The highest BCUT2D eigenvalue weighted by atomic mass is 15.1. The summed E-state index contributed by atoms with van der Waals surface area (Å²) in [6, 6.07) is 0. The monoisotopic (exact) mass is 169 g/mol. The van der Waals surface area contributed by atoms with E-state index < -0.39 is 0 Å². The van der Waals surface area contributed by atoms with Crippen LogP contribution in [0.1, 0.15) is 33.6 Å². The molecule has 2 heteroatoms. The summed E-state index contributed by atoms with van der Waals surface area (Å²) in [6.07, 6.45) is 4.74. The molecule has 1 N–H and O–H groups in total. The number of rotatable bonds is 3. The molecular formula is C10H21N2+. The Morgan fingerprint density at radius 2 is 2.17 bits per heavy atom. The van der Waals surface area contributed by atoms with Crippen LogP contribution < -0.4 is 5.32 Å². The smallest absolute Gasteiger partial charge is 0.232 e. The van der Waals surface area contributed by atoms with Gasteiger partial charge in [0.2, 0.25) is 6.34 Å². The van der Waals surface area contributed by atoms with E-state index in [0.29, 0.717) is 5.41 Å². The molecule has 0 unspecified atom stereocenters. The zero-order valence-electron chi connectivity index (χ0n) is 8.56. The molecule has 1 aliphatic heterocycles. The van der Waals surface area contributed by atoms with Crippen molar-refractivity contribution in [1.29, 1.82) is 0 Å². The Labute approximate surface area is 75.7 Å². The molecule has 1 rings (SSSR count). The first-order chi connectivity index (χ1) is 5.58. The maximum Gasteiger partial charge on any atom is 0.232 e. The topological polar surface area (TPSA) is 15.0 Å². The molecule has 12 heavy (non-hydrogen) atoms. The Bertz CT molecular complexity index is 165. The molecule has 0 atom stereocenters. The van der Waals surface area contributed by atoms with Crippen molar-refractivity contribution in [2.45, 2.75) is 33.6 Å². The van der Waals surface area contributed by atoms with Crippen LogP contribution in [0.15, 0.2) is 0 Å². The van der Waals surface area contributed by atoms with Gasteiger partial charge in [-0.2, -0.15) is 0 Å². The number of nitrogens with zero attached hydrogens (tertiary/aromatic N) is 1. The average molecular weight is 169 g/mol. The van der Waals surface area contributed by atoms with Crippen LogP contribution in [0.4, 0.5) is 0 Å². The van der Waals surface area contributed by atoms with Crippen LogP contribution in [-0.2, 0) is 0 Å². The average Bonchev–Trinajstić information content (AvgIpc) is 2.36. The molecule has 2 nitrogen and oxygen atoms in total. The van der Waals surface area contributed by atoms with Gasteiger partial charge >= 0.3 is 0 Å². The minimum Gasteiger partial charge on any atom is -0.277 e. The first-order valence-corrected chi connectivity index (χ1v) is 4.89. The summed E-state index contributed by atoms with van der Waals surface area (Å²) in [6.45, 7) is 10.4. The Hall–Kier alpha value is -0.530. The van der Waals surface area contributed by atoms with E-state index >= 15 is 0 Å². The van der Waals surface area contributed by atoms with E-state index in [1.54, 1.807) is 0 Å². The lowest BCUT2D eigenvalue weighted by Gasteiger charge is -2.16. The summed E-state index contributed by atoms with van der Waals surface area (Å²) in [7, 11) is 0. The van der Waals surface area contributed by atoms with Gasteiger partial charge in [-0.25, -0.2) is 0 Å². The van der Waals surface area contributed by atoms with Crippen LogP contribution in [0.25, 0.3) is 0 Å². The second-order valence-corrected chi connectivity index (χ2v) is 4.78. The Morgan fingerprint density at radius 1 is 1.42 bits per heavy atom.